The minimum absolute atomic E-state index is 0.294. The molecule has 2 aromatic carbocycles. The molecule has 0 saturated heterocycles. The van der Waals surface area contributed by atoms with Crippen LogP contribution in [0.1, 0.15) is 11.1 Å². The van der Waals surface area contributed by atoms with Crippen molar-refractivity contribution in [3.8, 4) is 11.5 Å². The van der Waals surface area contributed by atoms with E-state index in [4.69, 9.17) is 9.47 Å². The molecule has 0 aliphatic carbocycles. The molecule has 1 N–H and O–H groups in total. The van der Waals surface area contributed by atoms with E-state index < -0.39 is 0 Å². The molecule has 1 heterocycles. The van der Waals surface area contributed by atoms with Crippen LogP contribution in [0.3, 0.4) is 0 Å². The third-order valence-electron chi connectivity index (χ3n) is 3.00. The van der Waals surface area contributed by atoms with Gasteiger partial charge in [0.15, 0.2) is 11.5 Å². The summed E-state index contributed by atoms with van der Waals surface area (Å²) in [5.74, 6) is 1.59. The van der Waals surface area contributed by atoms with Crippen LogP contribution < -0.4 is 14.8 Å². The molecule has 0 fully saturated rings. The van der Waals surface area contributed by atoms with Gasteiger partial charge in [0.1, 0.15) is 0 Å². The molecular formula is C15H14BrNO2. The van der Waals surface area contributed by atoms with E-state index in [1.807, 2.05) is 12.1 Å². The Hall–Kier alpha value is -1.68. The van der Waals surface area contributed by atoms with Crippen molar-refractivity contribution >= 4 is 21.6 Å². The van der Waals surface area contributed by atoms with E-state index in [9.17, 15) is 0 Å². The highest BCUT2D eigenvalue weighted by Crippen LogP contribution is 2.40. The fourth-order valence-corrected chi connectivity index (χ4v) is 2.69. The van der Waals surface area contributed by atoms with Crippen LogP contribution in [0.2, 0.25) is 0 Å². The molecule has 0 unspecified atom stereocenters. The number of halogens is 1. The molecule has 0 aromatic heterocycles. The van der Waals surface area contributed by atoms with Gasteiger partial charge in [0.2, 0.25) is 6.79 Å². The van der Waals surface area contributed by atoms with Gasteiger partial charge in [0, 0.05) is 12.2 Å². The molecule has 4 heteroatoms. The molecule has 0 spiro atoms. The van der Waals surface area contributed by atoms with Crippen molar-refractivity contribution in [2.45, 2.75) is 13.5 Å². The number of benzene rings is 2. The first-order chi connectivity index (χ1) is 9.22. The maximum absolute atomic E-state index is 5.41. The Morgan fingerprint density at radius 3 is 2.95 bits per heavy atom. The third-order valence-corrected chi connectivity index (χ3v) is 3.59. The van der Waals surface area contributed by atoms with E-state index in [2.05, 4.69) is 52.4 Å². The molecule has 0 bridgehead atoms. The molecular weight excluding hydrogens is 306 g/mol. The summed E-state index contributed by atoms with van der Waals surface area (Å²) in [4.78, 5) is 0. The van der Waals surface area contributed by atoms with Gasteiger partial charge < -0.3 is 14.8 Å². The van der Waals surface area contributed by atoms with Crippen LogP contribution in [0.25, 0.3) is 0 Å². The lowest BCUT2D eigenvalue weighted by molar-refractivity contribution is 0.173. The summed E-state index contributed by atoms with van der Waals surface area (Å²) >= 11 is 3.50. The number of ether oxygens (including phenoxy) is 2. The smallest absolute Gasteiger partial charge is 0.231 e. The van der Waals surface area contributed by atoms with Crippen molar-refractivity contribution < 1.29 is 9.47 Å². The summed E-state index contributed by atoms with van der Waals surface area (Å²) in [5.41, 5.74) is 3.52. The SMILES string of the molecule is Cc1cccc(NCc2cc(Br)c3c(c2)OCO3)c1. The topological polar surface area (TPSA) is 30.5 Å². The van der Waals surface area contributed by atoms with Gasteiger partial charge in [-0.05, 0) is 58.2 Å². The summed E-state index contributed by atoms with van der Waals surface area (Å²) in [6.45, 7) is 3.13. The summed E-state index contributed by atoms with van der Waals surface area (Å²) in [5, 5.41) is 3.40. The number of hydrogen-bond acceptors (Lipinski definition) is 3. The largest absolute Gasteiger partial charge is 0.454 e. The fourth-order valence-electron chi connectivity index (χ4n) is 2.08. The number of hydrogen-bond donors (Lipinski definition) is 1. The Morgan fingerprint density at radius 1 is 1.21 bits per heavy atom. The minimum Gasteiger partial charge on any atom is -0.454 e. The van der Waals surface area contributed by atoms with E-state index in [-0.39, 0.29) is 0 Å². The Balaban J connectivity index is 1.76. The molecule has 98 valence electrons. The quantitative estimate of drug-likeness (QED) is 0.924. The molecule has 1 aliphatic heterocycles. The van der Waals surface area contributed by atoms with Gasteiger partial charge in [-0.2, -0.15) is 0 Å². The van der Waals surface area contributed by atoms with Crippen molar-refractivity contribution in [3.63, 3.8) is 0 Å². The normalized spacial score (nSPS) is 12.5. The average Bonchev–Trinajstić information content (AvgIpc) is 2.85. The van der Waals surface area contributed by atoms with Gasteiger partial charge in [-0.3, -0.25) is 0 Å². The van der Waals surface area contributed by atoms with Crippen molar-refractivity contribution in [3.05, 3.63) is 52.0 Å². The van der Waals surface area contributed by atoms with Crippen LogP contribution in [0.5, 0.6) is 11.5 Å². The molecule has 3 nitrogen and oxygen atoms in total. The first-order valence-electron chi connectivity index (χ1n) is 6.11. The van der Waals surface area contributed by atoms with Gasteiger partial charge in [-0.15, -0.1) is 0 Å². The molecule has 2 aromatic rings. The maximum atomic E-state index is 5.41. The summed E-state index contributed by atoms with van der Waals surface area (Å²) in [6.07, 6.45) is 0. The predicted octanol–water partition coefficient (Wildman–Crippen LogP) is 4.10. The van der Waals surface area contributed by atoms with Gasteiger partial charge in [-0.25, -0.2) is 0 Å². The van der Waals surface area contributed by atoms with E-state index in [0.29, 0.717) is 6.79 Å². The van der Waals surface area contributed by atoms with E-state index >= 15 is 0 Å². The van der Waals surface area contributed by atoms with Gasteiger partial charge >= 0.3 is 0 Å². The number of anilines is 1. The number of nitrogens with one attached hydrogen (secondary N) is 1. The fraction of sp³-hybridized carbons (Fsp3) is 0.200. The number of fused-ring (bicyclic) bond motifs is 1. The lowest BCUT2D eigenvalue weighted by Gasteiger charge is -2.09. The molecule has 0 saturated carbocycles. The second kappa shape index (κ2) is 5.13. The molecule has 0 radical (unpaired) electrons. The van der Waals surface area contributed by atoms with Gasteiger partial charge in [0.25, 0.3) is 0 Å². The second-order valence-corrected chi connectivity index (χ2v) is 5.39. The molecule has 3 rings (SSSR count). The first kappa shape index (κ1) is 12.4. The Kier molecular flexibility index (Phi) is 3.34. The highest BCUT2D eigenvalue weighted by Gasteiger charge is 2.17. The second-order valence-electron chi connectivity index (χ2n) is 4.53. The summed E-state index contributed by atoms with van der Waals surface area (Å²) in [6, 6.07) is 12.4. The lowest BCUT2D eigenvalue weighted by atomic mass is 10.2. The van der Waals surface area contributed by atoms with E-state index in [1.165, 1.54) is 5.56 Å². The van der Waals surface area contributed by atoms with Crippen molar-refractivity contribution in [1.82, 2.24) is 0 Å². The Labute approximate surface area is 120 Å². The van der Waals surface area contributed by atoms with E-state index in [0.717, 1.165) is 33.8 Å². The van der Waals surface area contributed by atoms with Crippen LogP contribution in [0.4, 0.5) is 5.69 Å². The molecule has 19 heavy (non-hydrogen) atoms. The highest BCUT2D eigenvalue weighted by atomic mass is 79.9. The van der Waals surface area contributed by atoms with Crippen LogP contribution in [0, 0.1) is 6.92 Å². The third kappa shape index (κ3) is 2.68. The Bertz CT molecular complexity index is 613. The average molecular weight is 320 g/mol. The summed E-state index contributed by atoms with van der Waals surface area (Å²) < 4.78 is 11.7. The molecule has 0 amide bonds. The zero-order chi connectivity index (χ0) is 13.2. The minimum atomic E-state index is 0.294. The predicted molar refractivity (Wildman–Crippen MR) is 78.8 cm³/mol. The van der Waals surface area contributed by atoms with Crippen LogP contribution in [-0.2, 0) is 6.54 Å². The zero-order valence-corrected chi connectivity index (χ0v) is 12.2. The van der Waals surface area contributed by atoms with E-state index in [1.54, 1.807) is 0 Å². The lowest BCUT2D eigenvalue weighted by Crippen LogP contribution is -1.99. The van der Waals surface area contributed by atoms with Crippen LogP contribution in [0.15, 0.2) is 40.9 Å². The number of rotatable bonds is 3. The van der Waals surface area contributed by atoms with Crippen LogP contribution in [-0.4, -0.2) is 6.79 Å². The molecule has 1 aliphatic rings. The highest BCUT2D eigenvalue weighted by molar-refractivity contribution is 9.10. The van der Waals surface area contributed by atoms with Gasteiger partial charge in [0.05, 0.1) is 4.47 Å². The van der Waals surface area contributed by atoms with Crippen molar-refractivity contribution in [2.75, 3.05) is 12.1 Å². The Morgan fingerprint density at radius 2 is 2.11 bits per heavy atom. The number of aryl methyl sites for hydroxylation is 1. The summed E-state index contributed by atoms with van der Waals surface area (Å²) in [7, 11) is 0. The van der Waals surface area contributed by atoms with Gasteiger partial charge in [-0.1, -0.05) is 12.1 Å². The first-order valence-corrected chi connectivity index (χ1v) is 6.90. The van der Waals surface area contributed by atoms with Crippen molar-refractivity contribution in [1.29, 1.82) is 0 Å². The standard InChI is InChI=1S/C15H14BrNO2/c1-10-3-2-4-12(5-10)17-8-11-6-13(16)15-14(7-11)18-9-19-15/h2-7,17H,8-9H2,1H3. The molecule has 0 atom stereocenters. The zero-order valence-electron chi connectivity index (χ0n) is 10.6. The van der Waals surface area contributed by atoms with Crippen LogP contribution >= 0.6 is 15.9 Å². The van der Waals surface area contributed by atoms with Crippen molar-refractivity contribution in [2.24, 2.45) is 0 Å². The maximum Gasteiger partial charge on any atom is 0.231 e. The monoisotopic (exact) mass is 319 g/mol.